The fourth-order valence-corrected chi connectivity index (χ4v) is 2.99. The average Bonchev–Trinajstić information content (AvgIpc) is 2.40. The van der Waals surface area contributed by atoms with Crippen molar-refractivity contribution in [2.45, 2.75) is 18.4 Å². The van der Waals surface area contributed by atoms with Crippen LogP contribution in [0.3, 0.4) is 0 Å². The van der Waals surface area contributed by atoms with E-state index in [4.69, 9.17) is 15.4 Å². The minimum Gasteiger partial charge on any atom is -0.489 e. The molecular weight excluding hydrogens is 383 g/mol. The van der Waals surface area contributed by atoms with Gasteiger partial charge in [-0.2, -0.15) is 0 Å². The first-order valence-electron chi connectivity index (χ1n) is 5.89. The molecule has 0 aliphatic heterocycles. The molecule has 0 aliphatic carbocycles. The minimum atomic E-state index is -3.75. The second-order valence-electron chi connectivity index (χ2n) is 4.40. The van der Waals surface area contributed by atoms with Crippen LogP contribution in [0, 0.1) is 12.7 Å². The third-order valence-electron chi connectivity index (χ3n) is 2.81. The van der Waals surface area contributed by atoms with Crippen LogP contribution in [0.15, 0.2) is 45.8 Å². The van der Waals surface area contributed by atoms with Crippen LogP contribution in [-0.2, 0) is 15.7 Å². The lowest BCUT2D eigenvalue weighted by Gasteiger charge is -2.10. The van der Waals surface area contributed by atoms with Crippen molar-refractivity contribution < 1.29 is 17.5 Å². The van der Waals surface area contributed by atoms with Crippen LogP contribution >= 0.6 is 26.6 Å². The van der Waals surface area contributed by atoms with Crippen molar-refractivity contribution >= 4 is 35.7 Å². The molecule has 0 aliphatic rings. The number of rotatable bonds is 4. The maximum atomic E-state index is 13.1. The van der Waals surface area contributed by atoms with Gasteiger partial charge in [-0.1, -0.05) is 6.07 Å². The molecule has 21 heavy (non-hydrogen) atoms. The molecule has 0 saturated heterocycles. The highest BCUT2D eigenvalue weighted by Gasteiger charge is 2.12. The van der Waals surface area contributed by atoms with Crippen molar-refractivity contribution in [1.29, 1.82) is 0 Å². The van der Waals surface area contributed by atoms with Crippen molar-refractivity contribution in [1.82, 2.24) is 0 Å². The Hall–Kier alpha value is -1.11. The predicted molar refractivity (Wildman–Crippen MR) is 82.6 cm³/mol. The zero-order valence-electron chi connectivity index (χ0n) is 10.9. The van der Waals surface area contributed by atoms with Gasteiger partial charge >= 0.3 is 0 Å². The number of benzene rings is 2. The van der Waals surface area contributed by atoms with Gasteiger partial charge in [-0.15, -0.1) is 0 Å². The van der Waals surface area contributed by atoms with E-state index in [-0.39, 0.29) is 17.3 Å². The normalized spacial score (nSPS) is 11.4. The van der Waals surface area contributed by atoms with E-state index in [1.54, 1.807) is 25.1 Å². The number of ether oxygens (including phenoxy) is 1. The van der Waals surface area contributed by atoms with E-state index >= 15 is 0 Å². The van der Waals surface area contributed by atoms with Gasteiger partial charge in [0.15, 0.2) is 0 Å². The average molecular weight is 394 g/mol. The van der Waals surface area contributed by atoms with E-state index < -0.39 is 9.05 Å². The smallest absolute Gasteiger partial charge is 0.261 e. The summed E-state index contributed by atoms with van der Waals surface area (Å²) >= 11 is 3.11. The summed E-state index contributed by atoms with van der Waals surface area (Å²) in [6, 6.07) is 8.96. The van der Waals surface area contributed by atoms with Gasteiger partial charge in [0.05, 0.1) is 9.37 Å². The quantitative estimate of drug-likeness (QED) is 0.723. The summed E-state index contributed by atoms with van der Waals surface area (Å²) in [7, 11) is 1.53. The van der Waals surface area contributed by atoms with Gasteiger partial charge in [-0.3, -0.25) is 0 Å². The third kappa shape index (κ3) is 4.18. The van der Waals surface area contributed by atoms with Crippen molar-refractivity contribution in [2.75, 3.05) is 0 Å². The van der Waals surface area contributed by atoms with Crippen LogP contribution in [0.1, 0.15) is 11.1 Å². The van der Waals surface area contributed by atoms with Gasteiger partial charge < -0.3 is 4.74 Å². The molecule has 7 heteroatoms. The van der Waals surface area contributed by atoms with Crippen molar-refractivity contribution in [2.24, 2.45) is 0 Å². The Morgan fingerprint density at radius 3 is 2.52 bits per heavy atom. The number of hydrogen-bond donors (Lipinski definition) is 0. The van der Waals surface area contributed by atoms with Crippen LogP contribution in [0.25, 0.3) is 0 Å². The van der Waals surface area contributed by atoms with Gasteiger partial charge in [-0.25, -0.2) is 12.8 Å². The summed E-state index contributed by atoms with van der Waals surface area (Å²) in [6.07, 6.45) is 0. The predicted octanol–water partition coefficient (Wildman–Crippen LogP) is 4.40. The zero-order valence-corrected chi connectivity index (χ0v) is 14.1. The SMILES string of the molecule is Cc1cc(S(=O)(=O)Cl)ccc1OCc1ccc(F)c(Br)c1. The summed E-state index contributed by atoms with van der Waals surface area (Å²) in [5, 5.41) is 0. The molecule has 2 aromatic rings. The Kier molecular flexibility index (Phi) is 4.91. The molecule has 112 valence electrons. The Bertz CT molecular complexity index is 778. The van der Waals surface area contributed by atoms with Crippen LogP contribution in [0.5, 0.6) is 5.75 Å². The summed E-state index contributed by atoms with van der Waals surface area (Å²) in [6.45, 7) is 1.97. The standard InChI is InChI=1S/C14H11BrClFO3S/c1-9-6-11(21(16,18)19)3-5-14(9)20-8-10-2-4-13(17)12(15)7-10/h2-7H,8H2,1H3. The monoisotopic (exact) mass is 392 g/mol. The highest BCUT2D eigenvalue weighted by molar-refractivity contribution is 9.10. The molecule has 0 N–H and O–H groups in total. The molecule has 3 nitrogen and oxygen atoms in total. The van der Waals surface area contributed by atoms with E-state index in [1.165, 1.54) is 18.2 Å². The maximum Gasteiger partial charge on any atom is 0.261 e. The van der Waals surface area contributed by atoms with Crippen molar-refractivity contribution in [3.05, 3.63) is 57.8 Å². The first-order valence-corrected chi connectivity index (χ1v) is 8.99. The van der Waals surface area contributed by atoms with Gasteiger partial charge in [0.1, 0.15) is 18.2 Å². The third-order valence-corrected chi connectivity index (χ3v) is 4.77. The lowest BCUT2D eigenvalue weighted by Crippen LogP contribution is -1.99. The lowest BCUT2D eigenvalue weighted by molar-refractivity contribution is 0.303. The molecule has 0 amide bonds. The van der Waals surface area contributed by atoms with Gasteiger partial charge in [-0.05, 0) is 64.3 Å². The van der Waals surface area contributed by atoms with Crippen LogP contribution in [0.4, 0.5) is 4.39 Å². The van der Waals surface area contributed by atoms with Crippen LogP contribution in [-0.4, -0.2) is 8.42 Å². The number of aryl methyl sites for hydroxylation is 1. The van der Waals surface area contributed by atoms with Gasteiger partial charge in [0, 0.05) is 10.7 Å². The highest BCUT2D eigenvalue weighted by atomic mass is 79.9. The maximum absolute atomic E-state index is 13.1. The molecule has 0 saturated carbocycles. The number of halogens is 3. The van der Waals surface area contributed by atoms with Gasteiger partial charge in [0.2, 0.25) is 0 Å². The molecule has 0 atom stereocenters. The molecule has 0 radical (unpaired) electrons. The van der Waals surface area contributed by atoms with E-state index in [1.807, 2.05) is 0 Å². The number of hydrogen-bond acceptors (Lipinski definition) is 3. The molecule has 0 bridgehead atoms. The largest absolute Gasteiger partial charge is 0.489 e. The minimum absolute atomic E-state index is 0.0264. The summed E-state index contributed by atoms with van der Waals surface area (Å²) in [5.41, 5.74) is 1.44. The van der Waals surface area contributed by atoms with E-state index in [0.29, 0.717) is 15.8 Å². The van der Waals surface area contributed by atoms with E-state index in [2.05, 4.69) is 15.9 Å². The van der Waals surface area contributed by atoms with Crippen LogP contribution in [0.2, 0.25) is 0 Å². The second kappa shape index (κ2) is 6.34. The zero-order chi connectivity index (χ0) is 15.6. The Balaban J connectivity index is 2.15. The lowest BCUT2D eigenvalue weighted by atomic mass is 10.2. The van der Waals surface area contributed by atoms with Crippen LogP contribution < -0.4 is 4.74 Å². The van der Waals surface area contributed by atoms with Gasteiger partial charge in [0.25, 0.3) is 9.05 Å². The molecule has 2 rings (SSSR count). The topological polar surface area (TPSA) is 43.4 Å². The molecule has 2 aromatic carbocycles. The molecule has 0 unspecified atom stereocenters. The second-order valence-corrected chi connectivity index (χ2v) is 7.82. The summed E-state index contributed by atoms with van der Waals surface area (Å²) < 4.78 is 41.6. The molecule has 0 heterocycles. The van der Waals surface area contributed by atoms with Crippen molar-refractivity contribution in [3.8, 4) is 5.75 Å². The molecule has 0 aromatic heterocycles. The summed E-state index contributed by atoms with van der Waals surface area (Å²) in [5.74, 6) is 0.200. The fourth-order valence-electron chi connectivity index (χ4n) is 1.73. The Morgan fingerprint density at radius 1 is 1.24 bits per heavy atom. The molecule has 0 spiro atoms. The van der Waals surface area contributed by atoms with E-state index in [0.717, 1.165) is 5.56 Å². The first-order chi connectivity index (χ1) is 9.77. The van der Waals surface area contributed by atoms with E-state index in [9.17, 15) is 12.8 Å². The molecule has 0 fully saturated rings. The summed E-state index contributed by atoms with van der Waals surface area (Å²) in [4.78, 5) is 0.0264. The Morgan fingerprint density at radius 2 is 1.95 bits per heavy atom. The van der Waals surface area contributed by atoms with Crippen molar-refractivity contribution in [3.63, 3.8) is 0 Å². The first kappa shape index (κ1) is 16.3. The Labute approximate surface area is 135 Å². The molecular formula is C14H11BrClFO3S. The fraction of sp³-hybridized carbons (Fsp3) is 0.143. The highest BCUT2D eigenvalue weighted by Crippen LogP contribution is 2.25.